The van der Waals surface area contributed by atoms with Gasteiger partial charge in [0.15, 0.2) is 11.4 Å². The van der Waals surface area contributed by atoms with Crippen molar-refractivity contribution < 1.29 is 13.9 Å². The highest BCUT2D eigenvalue weighted by molar-refractivity contribution is 5.93. The third-order valence-electron chi connectivity index (χ3n) is 7.99. The van der Waals surface area contributed by atoms with Crippen LogP contribution < -0.4 is 15.4 Å². The number of nitrogen functional groups attached to an aromatic ring is 1. The van der Waals surface area contributed by atoms with E-state index in [1.807, 2.05) is 29.1 Å². The molecule has 0 saturated carbocycles. The molecule has 7 rings (SSSR count). The number of morpholine rings is 1. The summed E-state index contributed by atoms with van der Waals surface area (Å²) in [5, 5.41) is 10.1. The SMILES string of the molecule is Nc1nc2c(cnn2CCN2CCN(c3ccc(OCCN4CCOCC4)cc3)CC2)c2cc(-c3ccco3)nn12. The summed E-state index contributed by atoms with van der Waals surface area (Å²) in [6, 6.07) is 14.2. The zero-order valence-corrected chi connectivity index (χ0v) is 23.1. The lowest BCUT2D eigenvalue weighted by molar-refractivity contribution is 0.0322. The first-order chi connectivity index (χ1) is 20.2. The van der Waals surface area contributed by atoms with Crippen LogP contribution in [0.1, 0.15) is 0 Å². The Balaban J connectivity index is 0.924. The van der Waals surface area contributed by atoms with Crippen LogP contribution in [-0.4, -0.2) is 106 Å². The van der Waals surface area contributed by atoms with Crippen molar-refractivity contribution in [2.45, 2.75) is 6.54 Å². The van der Waals surface area contributed by atoms with Crippen LogP contribution in [0.15, 0.2) is 59.3 Å². The summed E-state index contributed by atoms with van der Waals surface area (Å²) in [5.74, 6) is 1.94. The summed E-state index contributed by atoms with van der Waals surface area (Å²) in [5.41, 5.74) is 9.87. The molecule has 2 aliphatic heterocycles. The van der Waals surface area contributed by atoms with Crippen LogP contribution in [0.2, 0.25) is 0 Å². The number of hydrogen-bond acceptors (Lipinski definition) is 10. The van der Waals surface area contributed by atoms with Gasteiger partial charge in [-0.2, -0.15) is 19.7 Å². The van der Waals surface area contributed by atoms with Gasteiger partial charge in [-0.1, -0.05) is 0 Å². The Kier molecular flexibility index (Phi) is 7.17. The summed E-state index contributed by atoms with van der Waals surface area (Å²) < 4.78 is 20.5. The lowest BCUT2D eigenvalue weighted by Crippen LogP contribution is -2.47. The minimum atomic E-state index is 0.328. The number of aromatic nitrogens is 5. The Labute approximate surface area is 237 Å². The fourth-order valence-corrected chi connectivity index (χ4v) is 5.63. The zero-order chi connectivity index (χ0) is 27.6. The van der Waals surface area contributed by atoms with Crippen molar-refractivity contribution >= 4 is 28.2 Å². The molecule has 0 bridgehead atoms. The average molecular weight is 558 g/mol. The number of furan rings is 1. The van der Waals surface area contributed by atoms with Gasteiger partial charge in [-0.25, -0.2) is 4.68 Å². The molecule has 41 heavy (non-hydrogen) atoms. The molecule has 2 aliphatic rings. The van der Waals surface area contributed by atoms with Gasteiger partial charge >= 0.3 is 0 Å². The molecule has 0 unspecified atom stereocenters. The van der Waals surface area contributed by atoms with Gasteiger partial charge < -0.3 is 24.5 Å². The molecular formula is C29H35N9O3. The molecule has 5 aromatic rings. The van der Waals surface area contributed by atoms with Crippen LogP contribution in [0.3, 0.4) is 0 Å². The van der Waals surface area contributed by atoms with E-state index in [2.05, 4.69) is 54.1 Å². The molecule has 214 valence electrons. The predicted molar refractivity (Wildman–Crippen MR) is 156 cm³/mol. The van der Waals surface area contributed by atoms with Gasteiger partial charge in [0.2, 0.25) is 5.95 Å². The molecule has 0 spiro atoms. The standard InChI is InChI=1S/C29H35N9O3/c30-29-32-28-24(26-20-25(33-38(26)29)27-2-1-16-41-27)21-31-37(28)12-9-34-7-10-36(11-8-34)22-3-5-23(6-4-22)40-19-15-35-13-17-39-18-14-35/h1-6,16,20-21H,7-15,17-19H2,(H2,30,32). The first kappa shape index (κ1) is 25.8. The number of nitrogens with two attached hydrogens (primary N) is 1. The molecule has 0 aliphatic carbocycles. The topological polar surface area (TPSA) is 115 Å². The monoisotopic (exact) mass is 557 g/mol. The number of rotatable bonds is 9. The molecule has 0 radical (unpaired) electrons. The molecule has 6 heterocycles. The normalized spacial score (nSPS) is 17.1. The Morgan fingerprint density at radius 2 is 1.71 bits per heavy atom. The second-order valence-electron chi connectivity index (χ2n) is 10.5. The van der Waals surface area contributed by atoms with Gasteiger partial charge in [0, 0.05) is 58.0 Å². The van der Waals surface area contributed by atoms with Crippen molar-refractivity contribution in [1.29, 1.82) is 0 Å². The third-order valence-corrected chi connectivity index (χ3v) is 7.99. The number of hydrogen-bond donors (Lipinski definition) is 1. The molecule has 12 heteroatoms. The zero-order valence-electron chi connectivity index (χ0n) is 23.1. The predicted octanol–water partition coefficient (Wildman–Crippen LogP) is 2.45. The van der Waals surface area contributed by atoms with Gasteiger partial charge in [-0.05, 0) is 42.5 Å². The van der Waals surface area contributed by atoms with Crippen molar-refractivity contribution in [1.82, 2.24) is 34.2 Å². The maximum absolute atomic E-state index is 6.28. The largest absolute Gasteiger partial charge is 0.492 e. The van der Waals surface area contributed by atoms with E-state index in [1.54, 1.807) is 10.8 Å². The number of benzene rings is 1. The molecule has 12 nitrogen and oxygen atoms in total. The number of nitrogens with zero attached hydrogens (tertiary/aromatic N) is 8. The highest BCUT2D eigenvalue weighted by Crippen LogP contribution is 2.27. The van der Waals surface area contributed by atoms with Crippen LogP contribution in [0.25, 0.3) is 28.0 Å². The van der Waals surface area contributed by atoms with Gasteiger partial charge in [0.05, 0.1) is 43.1 Å². The molecule has 4 aromatic heterocycles. The first-order valence-corrected chi connectivity index (χ1v) is 14.3. The van der Waals surface area contributed by atoms with Gasteiger partial charge in [-0.3, -0.25) is 9.80 Å². The quantitative estimate of drug-likeness (QED) is 0.290. The van der Waals surface area contributed by atoms with Crippen molar-refractivity contribution in [2.75, 3.05) is 82.8 Å². The van der Waals surface area contributed by atoms with Crippen molar-refractivity contribution in [3.05, 3.63) is 54.9 Å². The maximum Gasteiger partial charge on any atom is 0.223 e. The Hall–Kier alpha value is -4.13. The molecule has 2 N–H and O–H groups in total. The van der Waals surface area contributed by atoms with E-state index in [0.29, 0.717) is 24.0 Å². The van der Waals surface area contributed by atoms with Gasteiger partial charge in [0.25, 0.3) is 0 Å². The van der Waals surface area contributed by atoms with E-state index in [-0.39, 0.29) is 0 Å². The van der Waals surface area contributed by atoms with Gasteiger partial charge in [0.1, 0.15) is 18.1 Å². The molecular weight excluding hydrogens is 522 g/mol. The number of ether oxygens (including phenoxy) is 2. The fraction of sp³-hybridized carbons (Fsp3) is 0.414. The second-order valence-corrected chi connectivity index (χ2v) is 10.5. The van der Waals surface area contributed by atoms with Gasteiger partial charge in [-0.15, -0.1) is 0 Å². The van der Waals surface area contributed by atoms with Crippen LogP contribution in [-0.2, 0) is 11.3 Å². The third kappa shape index (κ3) is 5.45. The highest BCUT2D eigenvalue weighted by atomic mass is 16.5. The van der Waals surface area contributed by atoms with E-state index in [4.69, 9.17) is 19.6 Å². The van der Waals surface area contributed by atoms with Crippen molar-refractivity contribution in [3.63, 3.8) is 0 Å². The molecule has 2 fully saturated rings. The van der Waals surface area contributed by atoms with E-state index in [9.17, 15) is 0 Å². The molecule has 0 amide bonds. The van der Waals surface area contributed by atoms with E-state index < -0.39 is 0 Å². The maximum atomic E-state index is 6.28. The van der Waals surface area contributed by atoms with E-state index >= 15 is 0 Å². The summed E-state index contributed by atoms with van der Waals surface area (Å²) in [7, 11) is 0. The molecule has 2 saturated heterocycles. The Bertz CT molecular complexity index is 1580. The van der Waals surface area contributed by atoms with Crippen LogP contribution in [0.4, 0.5) is 11.6 Å². The van der Waals surface area contributed by atoms with Crippen LogP contribution in [0.5, 0.6) is 5.75 Å². The van der Waals surface area contributed by atoms with Crippen molar-refractivity contribution in [3.8, 4) is 17.2 Å². The Morgan fingerprint density at radius 3 is 2.49 bits per heavy atom. The summed E-state index contributed by atoms with van der Waals surface area (Å²) in [4.78, 5) is 11.9. The first-order valence-electron chi connectivity index (χ1n) is 14.3. The summed E-state index contributed by atoms with van der Waals surface area (Å²) in [6.45, 7) is 10.8. The average Bonchev–Trinajstić information content (AvgIpc) is 3.78. The highest BCUT2D eigenvalue weighted by Gasteiger charge is 2.19. The minimum absolute atomic E-state index is 0.328. The lowest BCUT2D eigenvalue weighted by Gasteiger charge is -2.36. The number of fused-ring (bicyclic) bond motifs is 3. The van der Waals surface area contributed by atoms with E-state index in [0.717, 1.165) is 94.4 Å². The summed E-state index contributed by atoms with van der Waals surface area (Å²) in [6.07, 6.45) is 3.48. The number of piperazine rings is 1. The van der Waals surface area contributed by atoms with Crippen molar-refractivity contribution in [2.24, 2.45) is 0 Å². The molecule has 0 atom stereocenters. The Morgan fingerprint density at radius 1 is 0.902 bits per heavy atom. The fourth-order valence-electron chi connectivity index (χ4n) is 5.63. The summed E-state index contributed by atoms with van der Waals surface area (Å²) >= 11 is 0. The molecule has 1 aromatic carbocycles. The lowest BCUT2D eigenvalue weighted by atomic mass is 10.2. The number of anilines is 2. The van der Waals surface area contributed by atoms with E-state index in [1.165, 1.54) is 5.69 Å². The minimum Gasteiger partial charge on any atom is -0.492 e. The van der Waals surface area contributed by atoms with Crippen LogP contribution >= 0.6 is 0 Å². The smallest absolute Gasteiger partial charge is 0.223 e. The van der Waals surface area contributed by atoms with Crippen LogP contribution in [0, 0.1) is 0 Å². The second kappa shape index (κ2) is 11.4.